The molecule has 0 unspecified atom stereocenters. The normalized spacial score (nSPS) is 22.2. The lowest BCUT2D eigenvalue weighted by molar-refractivity contribution is 0.202. The Morgan fingerprint density at radius 1 is 1.15 bits per heavy atom. The van der Waals surface area contributed by atoms with Crippen LogP contribution in [0.3, 0.4) is 0 Å². The second kappa shape index (κ2) is 7.11. The molecule has 2 aliphatic rings. The van der Waals surface area contributed by atoms with Gasteiger partial charge in [-0.25, -0.2) is 15.0 Å². The van der Waals surface area contributed by atoms with Gasteiger partial charge in [0.1, 0.15) is 11.8 Å². The molecular formula is C20H20N6. The number of pyridine rings is 1. The van der Waals surface area contributed by atoms with Crippen molar-refractivity contribution in [2.24, 2.45) is 0 Å². The summed E-state index contributed by atoms with van der Waals surface area (Å²) in [5, 5.41) is 9.26. The molecule has 2 aliphatic heterocycles. The van der Waals surface area contributed by atoms with Gasteiger partial charge in [-0.1, -0.05) is 12.0 Å². The molecule has 130 valence electrons. The van der Waals surface area contributed by atoms with Crippen LogP contribution in [0.1, 0.15) is 29.9 Å². The first-order valence-corrected chi connectivity index (χ1v) is 8.91. The number of fused-ring (bicyclic) bond motifs is 1. The summed E-state index contributed by atoms with van der Waals surface area (Å²) in [6, 6.07) is 8.81. The third kappa shape index (κ3) is 3.24. The quantitative estimate of drug-likeness (QED) is 0.734. The maximum absolute atomic E-state index is 9.26. The summed E-state index contributed by atoms with van der Waals surface area (Å²) in [5.41, 5.74) is 2.23. The number of anilines is 1. The van der Waals surface area contributed by atoms with Crippen LogP contribution < -0.4 is 4.90 Å². The van der Waals surface area contributed by atoms with Crippen LogP contribution in [-0.4, -0.2) is 51.6 Å². The molecule has 0 saturated carbocycles. The monoisotopic (exact) mass is 344 g/mol. The molecule has 2 aromatic rings. The van der Waals surface area contributed by atoms with Crippen molar-refractivity contribution in [3.05, 3.63) is 47.7 Å². The minimum Gasteiger partial charge on any atom is -0.351 e. The Morgan fingerprint density at radius 2 is 2.04 bits per heavy atom. The zero-order chi connectivity index (χ0) is 17.9. The van der Waals surface area contributed by atoms with Gasteiger partial charge in [-0.15, -0.1) is 0 Å². The Morgan fingerprint density at radius 3 is 2.88 bits per heavy atom. The average molecular weight is 344 g/mol. The van der Waals surface area contributed by atoms with Gasteiger partial charge in [0, 0.05) is 43.8 Å². The van der Waals surface area contributed by atoms with Crippen molar-refractivity contribution in [1.82, 2.24) is 19.9 Å². The average Bonchev–Trinajstić information content (AvgIpc) is 3.08. The largest absolute Gasteiger partial charge is 0.351 e. The first-order valence-electron chi connectivity index (χ1n) is 8.91. The van der Waals surface area contributed by atoms with Gasteiger partial charge in [0.25, 0.3) is 0 Å². The van der Waals surface area contributed by atoms with Crippen LogP contribution in [0.5, 0.6) is 0 Å². The van der Waals surface area contributed by atoms with Crippen molar-refractivity contribution in [2.75, 3.05) is 24.5 Å². The molecule has 0 spiro atoms. The topological polar surface area (TPSA) is 68.9 Å². The predicted octanol–water partition coefficient (Wildman–Crippen LogP) is 1.76. The van der Waals surface area contributed by atoms with Crippen molar-refractivity contribution in [3.63, 3.8) is 0 Å². The second-order valence-corrected chi connectivity index (χ2v) is 6.70. The van der Waals surface area contributed by atoms with Crippen LogP contribution in [0.25, 0.3) is 0 Å². The molecule has 2 fully saturated rings. The molecule has 6 nitrogen and oxygen atoms in total. The molecule has 4 rings (SSSR count). The van der Waals surface area contributed by atoms with Crippen LogP contribution in [0, 0.1) is 30.1 Å². The molecule has 0 radical (unpaired) electrons. The van der Waals surface area contributed by atoms with Crippen LogP contribution in [-0.2, 0) is 0 Å². The molecule has 2 saturated heterocycles. The zero-order valence-corrected chi connectivity index (χ0v) is 14.8. The van der Waals surface area contributed by atoms with E-state index < -0.39 is 0 Å². The standard InChI is InChI=1S/C20H20N6/c1-15-3-2-4-16(24-15)5-6-17-7-8-18-14-25(11-12-26(17)18)20-19(13-21)22-9-10-23-20/h2-4,9-10,17-18H,7-8,11-12,14H2,1H3/t17-,18+/m1/s1. The van der Waals surface area contributed by atoms with Crippen molar-refractivity contribution >= 4 is 5.82 Å². The highest BCUT2D eigenvalue weighted by atomic mass is 15.3. The number of nitrogens with zero attached hydrogens (tertiary/aromatic N) is 6. The van der Waals surface area contributed by atoms with Gasteiger partial charge in [-0.05, 0) is 37.8 Å². The van der Waals surface area contributed by atoms with E-state index in [-0.39, 0.29) is 6.04 Å². The van der Waals surface area contributed by atoms with Crippen LogP contribution in [0.2, 0.25) is 0 Å². The van der Waals surface area contributed by atoms with E-state index in [0.717, 1.165) is 43.9 Å². The third-order valence-electron chi connectivity index (χ3n) is 5.04. The maximum atomic E-state index is 9.26. The first kappa shape index (κ1) is 16.5. The van der Waals surface area contributed by atoms with Gasteiger partial charge >= 0.3 is 0 Å². The fourth-order valence-corrected chi connectivity index (χ4v) is 3.81. The Balaban J connectivity index is 1.47. The number of nitriles is 1. The number of rotatable bonds is 1. The molecule has 26 heavy (non-hydrogen) atoms. The lowest BCUT2D eigenvalue weighted by Gasteiger charge is -2.39. The number of aryl methyl sites for hydroxylation is 1. The third-order valence-corrected chi connectivity index (χ3v) is 5.04. The molecular weight excluding hydrogens is 324 g/mol. The smallest absolute Gasteiger partial charge is 0.183 e. The van der Waals surface area contributed by atoms with Crippen LogP contribution in [0.4, 0.5) is 5.82 Å². The Labute approximate surface area is 153 Å². The summed E-state index contributed by atoms with van der Waals surface area (Å²) >= 11 is 0. The van der Waals surface area contributed by atoms with Gasteiger partial charge < -0.3 is 4.90 Å². The summed E-state index contributed by atoms with van der Waals surface area (Å²) < 4.78 is 0. The zero-order valence-electron chi connectivity index (χ0n) is 14.8. The summed E-state index contributed by atoms with van der Waals surface area (Å²) in [6.07, 6.45) is 5.40. The molecule has 2 aromatic heterocycles. The molecule has 6 heteroatoms. The first-order chi connectivity index (χ1) is 12.7. The molecule has 0 amide bonds. The molecule has 0 aromatic carbocycles. The Hall–Kier alpha value is -2.96. The number of hydrogen-bond donors (Lipinski definition) is 0. The lowest BCUT2D eigenvalue weighted by atomic mass is 10.1. The number of aromatic nitrogens is 3. The lowest BCUT2D eigenvalue weighted by Crippen LogP contribution is -2.52. The van der Waals surface area contributed by atoms with E-state index in [2.05, 4.69) is 42.7 Å². The maximum Gasteiger partial charge on any atom is 0.183 e. The van der Waals surface area contributed by atoms with Gasteiger partial charge in [0.15, 0.2) is 11.5 Å². The van der Waals surface area contributed by atoms with E-state index in [4.69, 9.17) is 0 Å². The highest BCUT2D eigenvalue weighted by Crippen LogP contribution is 2.29. The van der Waals surface area contributed by atoms with Crippen molar-refractivity contribution < 1.29 is 0 Å². The van der Waals surface area contributed by atoms with Crippen molar-refractivity contribution in [2.45, 2.75) is 31.8 Å². The van der Waals surface area contributed by atoms with Gasteiger partial charge in [0.2, 0.25) is 0 Å². The Kier molecular flexibility index (Phi) is 4.51. The molecule has 0 bridgehead atoms. The summed E-state index contributed by atoms with van der Waals surface area (Å²) in [4.78, 5) is 17.6. The molecule has 4 heterocycles. The number of hydrogen-bond acceptors (Lipinski definition) is 6. The summed E-state index contributed by atoms with van der Waals surface area (Å²) in [6.45, 7) is 4.61. The van der Waals surface area contributed by atoms with Gasteiger partial charge in [-0.3, -0.25) is 4.90 Å². The second-order valence-electron chi connectivity index (χ2n) is 6.70. The Bertz CT molecular complexity index is 906. The highest BCUT2D eigenvalue weighted by molar-refractivity contribution is 5.50. The van der Waals surface area contributed by atoms with E-state index in [0.29, 0.717) is 17.6 Å². The van der Waals surface area contributed by atoms with Crippen molar-refractivity contribution in [1.29, 1.82) is 5.26 Å². The predicted molar refractivity (Wildman–Crippen MR) is 98.3 cm³/mol. The van der Waals surface area contributed by atoms with E-state index in [1.165, 1.54) is 0 Å². The van der Waals surface area contributed by atoms with Crippen LogP contribution >= 0.6 is 0 Å². The van der Waals surface area contributed by atoms with E-state index in [9.17, 15) is 5.26 Å². The van der Waals surface area contributed by atoms with Crippen LogP contribution in [0.15, 0.2) is 30.6 Å². The minimum atomic E-state index is 0.279. The summed E-state index contributed by atoms with van der Waals surface area (Å²) in [7, 11) is 0. The number of piperazine rings is 1. The molecule has 0 N–H and O–H groups in total. The van der Waals surface area contributed by atoms with E-state index in [1.807, 2.05) is 25.1 Å². The summed E-state index contributed by atoms with van der Waals surface area (Å²) in [5.74, 6) is 7.36. The SMILES string of the molecule is Cc1cccc(C#C[C@@H]2CC[C@H]3CN(c4nccnc4C#N)CCN32)n1. The fraction of sp³-hybridized carbons (Fsp3) is 0.400. The van der Waals surface area contributed by atoms with E-state index >= 15 is 0 Å². The van der Waals surface area contributed by atoms with Gasteiger partial charge in [-0.2, -0.15) is 5.26 Å². The molecule has 2 atom stereocenters. The molecule has 0 aliphatic carbocycles. The highest BCUT2D eigenvalue weighted by Gasteiger charge is 2.37. The van der Waals surface area contributed by atoms with E-state index in [1.54, 1.807) is 12.4 Å². The van der Waals surface area contributed by atoms with Gasteiger partial charge in [0.05, 0.1) is 6.04 Å². The van der Waals surface area contributed by atoms with Crippen molar-refractivity contribution in [3.8, 4) is 17.9 Å². The fourth-order valence-electron chi connectivity index (χ4n) is 3.81. The minimum absolute atomic E-state index is 0.279.